The lowest BCUT2D eigenvalue weighted by Crippen LogP contribution is -2.45. The van der Waals surface area contributed by atoms with Gasteiger partial charge in [-0.05, 0) is 69.8 Å². The van der Waals surface area contributed by atoms with E-state index in [-0.39, 0.29) is 12.0 Å². The Morgan fingerprint density at radius 1 is 1.32 bits per heavy atom. The van der Waals surface area contributed by atoms with Gasteiger partial charge in [-0.25, -0.2) is 4.39 Å². The monoisotopic (exact) mass is 490 g/mol. The molecule has 2 fully saturated rings. The molecule has 1 aliphatic heterocycles. The molecule has 1 atom stereocenters. The van der Waals surface area contributed by atoms with Gasteiger partial charge < -0.3 is 19.8 Å². The van der Waals surface area contributed by atoms with E-state index in [0.717, 1.165) is 36.8 Å². The third kappa shape index (κ3) is 5.66. The lowest BCUT2D eigenvalue weighted by Gasteiger charge is -2.39. The molecule has 1 saturated heterocycles. The Kier molecular flexibility index (Phi) is 8.32. The highest BCUT2D eigenvalue weighted by Crippen LogP contribution is 2.40. The number of methoxy groups -OCH3 is 1. The minimum absolute atomic E-state index is 0.158. The number of thioether (sulfide) groups is 1. The van der Waals surface area contributed by atoms with E-state index in [0.29, 0.717) is 35.9 Å². The Labute approximate surface area is 204 Å². The first-order valence-corrected chi connectivity index (χ1v) is 13.3. The molecule has 2 aliphatic rings. The van der Waals surface area contributed by atoms with Crippen LogP contribution in [0.2, 0.25) is 0 Å². The van der Waals surface area contributed by atoms with E-state index in [1.807, 2.05) is 0 Å². The smallest absolute Gasteiger partial charge is 0.309 e. The molecule has 0 radical (unpaired) electrons. The van der Waals surface area contributed by atoms with E-state index in [2.05, 4.69) is 21.6 Å². The summed E-state index contributed by atoms with van der Waals surface area (Å²) in [6.07, 6.45) is 6.94. The summed E-state index contributed by atoms with van der Waals surface area (Å²) in [6.45, 7) is 2.49. The van der Waals surface area contributed by atoms with Crippen LogP contribution in [0.5, 0.6) is 5.75 Å². The normalized spacial score (nSPS) is 20.0. The van der Waals surface area contributed by atoms with Crippen LogP contribution in [-0.2, 0) is 4.79 Å². The maximum Gasteiger partial charge on any atom is 0.309 e. The van der Waals surface area contributed by atoms with E-state index in [9.17, 15) is 19.4 Å². The summed E-state index contributed by atoms with van der Waals surface area (Å²) >= 11 is 2.06. The van der Waals surface area contributed by atoms with Crippen molar-refractivity contribution in [3.05, 3.63) is 35.8 Å². The first-order chi connectivity index (χ1) is 16.4. The van der Waals surface area contributed by atoms with E-state index >= 15 is 0 Å². The summed E-state index contributed by atoms with van der Waals surface area (Å²) in [6, 6.07) is 5.13. The number of aliphatic hydroxyl groups excluding tert-OH is 1. The van der Waals surface area contributed by atoms with Crippen molar-refractivity contribution in [1.82, 2.24) is 9.88 Å². The lowest BCUT2D eigenvalue weighted by molar-refractivity contribution is -0.153. The minimum atomic E-state index is -1.12. The number of piperidine rings is 1. The van der Waals surface area contributed by atoms with E-state index in [4.69, 9.17) is 4.74 Å². The molecular formula is C26H35FN2O4S. The fourth-order valence-electron chi connectivity index (χ4n) is 5.37. The van der Waals surface area contributed by atoms with Gasteiger partial charge in [0.2, 0.25) is 0 Å². The number of benzene rings is 1. The predicted octanol–water partition coefficient (Wildman–Crippen LogP) is 5.04. The highest BCUT2D eigenvalue weighted by atomic mass is 32.2. The van der Waals surface area contributed by atoms with E-state index in [1.165, 1.54) is 32.8 Å². The second-order valence-corrected chi connectivity index (χ2v) is 11.1. The fourth-order valence-corrected chi connectivity index (χ4v) is 6.73. The van der Waals surface area contributed by atoms with Gasteiger partial charge in [-0.2, -0.15) is 11.8 Å². The third-order valence-electron chi connectivity index (χ3n) is 7.63. The van der Waals surface area contributed by atoms with Crippen LogP contribution in [-0.4, -0.2) is 63.8 Å². The number of hydrogen-bond donors (Lipinski definition) is 2. The molecule has 2 aromatic rings. The first-order valence-electron chi connectivity index (χ1n) is 12.3. The predicted molar refractivity (Wildman–Crippen MR) is 133 cm³/mol. The van der Waals surface area contributed by atoms with Crippen molar-refractivity contribution < 1.29 is 24.1 Å². The molecule has 4 rings (SSSR count). The van der Waals surface area contributed by atoms with Crippen LogP contribution in [0.25, 0.3) is 10.9 Å². The molecule has 0 spiro atoms. The molecule has 1 aromatic heterocycles. The topological polar surface area (TPSA) is 82.9 Å². The Morgan fingerprint density at radius 2 is 2.06 bits per heavy atom. The van der Waals surface area contributed by atoms with Crippen molar-refractivity contribution in [2.24, 2.45) is 5.41 Å². The molecule has 2 heterocycles. The number of aliphatic hydroxyl groups is 1. The number of rotatable bonds is 10. The molecule has 0 unspecified atom stereocenters. The summed E-state index contributed by atoms with van der Waals surface area (Å²) < 4.78 is 20.0. The van der Waals surface area contributed by atoms with Crippen molar-refractivity contribution in [3.8, 4) is 5.75 Å². The zero-order valence-electron chi connectivity index (χ0n) is 19.8. The highest BCUT2D eigenvalue weighted by Gasteiger charge is 2.41. The van der Waals surface area contributed by atoms with Crippen LogP contribution in [0.15, 0.2) is 24.4 Å². The van der Waals surface area contributed by atoms with Crippen LogP contribution in [0, 0.1) is 11.2 Å². The van der Waals surface area contributed by atoms with Crippen molar-refractivity contribution in [3.63, 3.8) is 0 Å². The Bertz CT molecular complexity index is 990. The summed E-state index contributed by atoms with van der Waals surface area (Å²) in [5.74, 6) is 0.240. The van der Waals surface area contributed by atoms with Gasteiger partial charge >= 0.3 is 5.97 Å². The summed E-state index contributed by atoms with van der Waals surface area (Å²) in [4.78, 5) is 18.7. The van der Waals surface area contributed by atoms with Gasteiger partial charge in [0.25, 0.3) is 0 Å². The zero-order valence-corrected chi connectivity index (χ0v) is 20.7. The fraction of sp³-hybridized carbons (Fsp3) is 0.615. The Morgan fingerprint density at radius 3 is 2.74 bits per heavy atom. The van der Waals surface area contributed by atoms with Gasteiger partial charge in [-0.1, -0.05) is 12.8 Å². The molecule has 34 heavy (non-hydrogen) atoms. The van der Waals surface area contributed by atoms with Gasteiger partial charge in [-0.3, -0.25) is 9.78 Å². The van der Waals surface area contributed by atoms with E-state index < -0.39 is 23.3 Å². The number of ether oxygens (including phenoxy) is 1. The summed E-state index contributed by atoms with van der Waals surface area (Å²) in [5.41, 5.74) is -0.161. The second-order valence-electron chi connectivity index (χ2n) is 9.66. The standard InChI is InChI=1S/C26H35FN2O4S/c1-33-18-6-7-22-20(16-18)24(21(27)17-28-22)23(30)8-9-26(25(31)32)10-12-29(13-11-26)14-15-34-19-4-2-3-5-19/h6-7,16-17,19,23,30H,2-5,8-15H2,1H3,(H,31,32)/t23-/m0/s1. The van der Waals surface area contributed by atoms with Gasteiger partial charge in [0.15, 0.2) is 0 Å². The van der Waals surface area contributed by atoms with Gasteiger partial charge in [-0.15, -0.1) is 0 Å². The number of fused-ring (bicyclic) bond motifs is 1. The maximum atomic E-state index is 14.7. The number of carboxylic acids is 1. The molecule has 8 heteroatoms. The van der Waals surface area contributed by atoms with Crippen molar-refractivity contribution in [1.29, 1.82) is 0 Å². The van der Waals surface area contributed by atoms with E-state index in [1.54, 1.807) is 18.2 Å². The average molecular weight is 491 g/mol. The van der Waals surface area contributed by atoms with Gasteiger partial charge in [0.1, 0.15) is 11.6 Å². The van der Waals surface area contributed by atoms with Crippen LogP contribution < -0.4 is 4.74 Å². The number of carboxylic acid groups (broad SMARTS) is 1. The Hall–Kier alpha value is -1.90. The second kappa shape index (κ2) is 11.2. The van der Waals surface area contributed by atoms with Gasteiger partial charge in [0.05, 0.1) is 30.3 Å². The van der Waals surface area contributed by atoms with Crippen molar-refractivity contribution in [2.45, 2.75) is 62.7 Å². The molecule has 186 valence electrons. The molecule has 1 saturated carbocycles. The average Bonchev–Trinajstić information content (AvgIpc) is 3.36. The van der Waals surface area contributed by atoms with Crippen molar-refractivity contribution >= 4 is 28.6 Å². The first kappa shape index (κ1) is 25.2. The number of halogens is 1. The number of pyridine rings is 1. The number of carbonyl (C=O) groups is 1. The molecule has 6 nitrogen and oxygen atoms in total. The van der Waals surface area contributed by atoms with Crippen molar-refractivity contribution in [2.75, 3.05) is 32.5 Å². The van der Waals surface area contributed by atoms with Crippen LogP contribution in [0.1, 0.15) is 63.0 Å². The van der Waals surface area contributed by atoms with Crippen LogP contribution in [0.4, 0.5) is 4.39 Å². The number of nitrogens with zero attached hydrogens (tertiary/aromatic N) is 2. The lowest BCUT2D eigenvalue weighted by atomic mass is 9.74. The molecule has 1 aliphatic carbocycles. The molecule has 1 aromatic carbocycles. The number of aromatic nitrogens is 1. The number of likely N-dealkylation sites (tertiary alicyclic amines) is 1. The minimum Gasteiger partial charge on any atom is -0.497 e. The molecule has 2 N–H and O–H groups in total. The maximum absolute atomic E-state index is 14.7. The number of hydrogen-bond acceptors (Lipinski definition) is 6. The SMILES string of the molecule is COc1ccc2ncc(F)c([C@@H](O)CCC3(C(=O)O)CCN(CCSC4CCCC4)CC3)c2c1. The zero-order chi connectivity index (χ0) is 24.1. The third-order valence-corrected chi connectivity index (χ3v) is 8.99. The molecular weight excluding hydrogens is 455 g/mol. The summed E-state index contributed by atoms with van der Waals surface area (Å²) in [7, 11) is 1.53. The number of aliphatic carboxylic acids is 1. The van der Waals surface area contributed by atoms with Gasteiger partial charge in [0, 0.05) is 28.5 Å². The molecule has 0 bridgehead atoms. The highest BCUT2D eigenvalue weighted by molar-refractivity contribution is 7.99. The van der Waals surface area contributed by atoms with Crippen LogP contribution in [0.3, 0.4) is 0 Å². The summed E-state index contributed by atoms with van der Waals surface area (Å²) in [5, 5.41) is 22.3. The van der Waals surface area contributed by atoms with Crippen LogP contribution >= 0.6 is 11.8 Å². The Balaban J connectivity index is 1.37. The molecule has 0 amide bonds. The largest absolute Gasteiger partial charge is 0.497 e. The quantitative estimate of drug-likeness (QED) is 0.483.